The van der Waals surface area contributed by atoms with Crippen molar-refractivity contribution in [2.45, 2.75) is 6.54 Å². The van der Waals surface area contributed by atoms with Crippen LogP contribution < -0.4 is 15.2 Å². The third kappa shape index (κ3) is 1.67. The van der Waals surface area contributed by atoms with E-state index in [9.17, 15) is 4.39 Å². The normalized spacial score (nSPS) is 12.8. The van der Waals surface area contributed by atoms with Crippen molar-refractivity contribution < 1.29 is 13.9 Å². The summed E-state index contributed by atoms with van der Waals surface area (Å²) in [4.78, 5) is 7.73. The van der Waals surface area contributed by atoms with E-state index < -0.39 is 5.82 Å². The van der Waals surface area contributed by atoms with Crippen molar-refractivity contribution in [2.75, 3.05) is 6.79 Å². The molecule has 1 aliphatic rings. The van der Waals surface area contributed by atoms with E-state index in [1.54, 1.807) is 18.2 Å². The summed E-state index contributed by atoms with van der Waals surface area (Å²) >= 11 is 0. The van der Waals surface area contributed by atoms with Gasteiger partial charge in [0, 0.05) is 12.1 Å². The maximum Gasteiger partial charge on any atom is 0.231 e. The summed E-state index contributed by atoms with van der Waals surface area (Å²) in [7, 11) is 0. The van der Waals surface area contributed by atoms with E-state index in [0.29, 0.717) is 17.1 Å². The zero-order valence-corrected chi connectivity index (χ0v) is 9.39. The zero-order chi connectivity index (χ0) is 12.5. The van der Waals surface area contributed by atoms with E-state index in [0.717, 1.165) is 0 Å². The number of nitrogens with two attached hydrogens (primary N) is 1. The molecule has 2 aromatic rings. The van der Waals surface area contributed by atoms with Gasteiger partial charge < -0.3 is 15.2 Å². The summed E-state index contributed by atoms with van der Waals surface area (Å²) in [6.07, 6.45) is 1.30. The first-order chi connectivity index (χ1) is 8.79. The van der Waals surface area contributed by atoms with Crippen LogP contribution in [0.3, 0.4) is 0 Å². The van der Waals surface area contributed by atoms with Crippen molar-refractivity contribution in [1.29, 1.82) is 0 Å². The number of aromatic nitrogens is 2. The molecular weight excluding hydrogens is 237 g/mol. The van der Waals surface area contributed by atoms with Crippen LogP contribution >= 0.6 is 0 Å². The van der Waals surface area contributed by atoms with Crippen LogP contribution in [-0.4, -0.2) is 16.8 Å². The smallest absolute Gasteiger partial charge is 0.231 e. The van der Waals surface area contributed by atoms with Gasteiger partial charge in [0.2, 0.25) is 6.79 Å². The fourth-order valence-corrected chi connectivity index (χ4v) is 1.79. The number of ether oxygens (including phenoxy) is 2. The van der Waals surface area contributed by atoms with Crippen molar-refractivity contribution >= 4 is 0 Å². The Bertz CT molecular complexity index is 604. The number of benzene rings is 1. The lowest BCUT2D eigenvalue weighted by Crippen LogP contribution is -2.05. The predicted octanol–water partition coefficient (Wildman–Crippen LogP) is 1.47. The van der Waals surface area contributed by atoms with Crippen LogP contribution in [0.4, 0.5) is 4.39 Å². The molecule has 6 heteroatoms. The minimum Gasteiger partial charge on any atom is -0.454 e. The molecule has 0 spiro atoms. The standard InChI is InChI=1S/C12H10FN3O2/c13-11-8(4-14)15-5-16-12(11)7-1-2-9-10(3-7)18-6-17-9/h1-3,5H,4,6,14H2. The minimum atomic E-state index is -0.501. The van der Waals surface area contributed by atoms with Crippen LogP contribution in [0, 0.1) is 5.82 Å². The molecule has 0 bridgehead atoms. The number of halogens is 1. The third-order valence-corrected chi connectivity index (χ3v) is 2.70. The van der Waals surface area contributed by atoms with Gasteiger partial charge in [-0.05, 0) is 18.2 Å². The highest BCUT2D eigenvalue weighted by atomic mass is 19.1. The van der Waals surface area contributed by atoms with Crippen molar-refractivity contribution in [3.8, 4) is 22.8 Å². The van der Waals surface area contributed by atoms with Gasteiger partial charge in [-0.2, -0.15) is 0 Å². The first-order valence-electron chi connectivity index (χ1n) is 5.39. The second-order valence-electron chi connectivity index (χ2n) is 3.76. The average Bonchev–Trinajstić information content (AvgIpc) is 2.86. The van der Waals surface area contributed by atoms with Crippen LogP contribution in [0.2, 0.25) is 0 Å². The quantitative estimate of drug-likeness (QED) is 0.870. The fraction of sp³-hybridized carbons (Fsp3) is 0.167. The highest BCUT2D eigenvalue weighted by Crippen LogP contribution is 2.36. The summed E-state index contributed by atoms with van der Waals surface area (Å²) in [5, 5.41) is 0. The summed E-state index contributed by atoms with van der Waals surface area (Å²) < 4.78 is 24.5. The van der Waals surface area contributed by atoms with Crippen molar-refractivity contribution in [2.24, 2.45) is 5.73 Å². The minimum absolute atomic E-state index is 0.0336. The average molecular weight is 247 g/mol. The zero-order valence-electron chi connectivity index (χ0n) is 9.39. The van der Waals surface area contributed by atoms with Crippen LogP contribution in [0.5, 0.6) is 11.5 Å². The van der Waals surface area contributed by atoms with Gasteiger partial charge in [-0.1, -0.05) is 0 Å². The fourth-order valence-electron chi connectivity index (χ4n) is 1.79. The van der Waals surface area contributed by atoms with Crippen LogP contribution in [-0.2, 0) is 6.54 Å². The molecule has 1 aromatic heterocycles. The number of nitrogens with zero attached hydrogens (tertiary/aromatic N) is 2. The van der Waals surface area contributed by atoms with Crippen LogP contribution in [0.15, 0.2) is 24.5 Å². The summed E-state index contributed by atoms with van der Waals surface area (Å²) in [6, 6.07) is 5.13. The largest absolute Gasteiger partial charge is 0.454 e. The Morgan fingerprint density at radius 1 is 1.22 bits per heavy atom. The Balaban J connectivity index is 2.10. The maximum absolute atomic E-state index is 14.0. The summed E-state index contributed by atoms with van der Waals surface area (Å²) in [6.45, 7) is 0.213. The van der Waals surface area contributed by atoms with Crippen molar-refractivity contribution in [1.82, 2.24) is 9.97 Å². The van der Waals surface area contributed by atoms with Gasteiger partial charge in [0.25, 0.3) is 0 Å². The number of hydrogen-bond acceptors (Lipinski definition) is 5. The monoisotopic (exact) mass is 247 g/mol. The van der Waals surface area contributed by atoms with Gasteiger partial charge in [-0.15, -0.1) is 0 Å². The Hall–Kier alpha value is -2.21. The Morgan fingerprint density at radius 3 is 2.89 bits per heavy atom. The lowest BCUT2D eigenvalue weighted by molar-refractivity contribution is 0.174. The molecule has 0 saturated carbocycles. The first kappa shape index (κ1) is 10.9. The second-order valence-corrected chi connectivity index (χ2v) is 3.76. The number of rotatable bonds is 2. The van der Waals surface area contributed by atoms with E-state index >= 15 is 0 Å². The highest BCUT2D eigenvalue weighted by Gasteiger charge is 2.17. The number of hydrogen-bond donors (Lipinski definition) is 1. The Morgan fingerprint density at radius 2 is 2.06 bits per heavy atom. The van der Waals surface area contributed by atoms with E-state index in [-0.39, 0.29) is 24.7 Å². The lowest BCUT2D eigenvalue weighted by Gasteiger charge is -2.06. The Kier molecular flexibility index (Phi) is 2.56. The molecule has 0 unspecified atom stereocenters. The molecule has 5 nitrogen and oxygen atoms in total. The lowest BCUT2D eigenvalue weighted by atomic mass is 10.1. The van der Waals surface area contributed by atoms with Gasteiger partial charge in [0.1, 0.15) is 12.0 Å². The molecule has 1 aromatic carbocycles. The molecular formula is C12H10FN3O2. The van der Waals surface area contributed by atoms with Crippen LogP contribution in [0.1, 0.15) is 5.69 Å². The maximum atomic E-state index is 14.0. The van der Waals surface area contributed by atoms with Gasteiger partial charge in [-0.25, -0.2) is 14.4 Å². The molecule has 1 aliphatic heterocycles. The van der Waals surface area contributed by atoms with Crippen molar-refractivity contribution in [3.05, 3.63) is 36.0 Å². The molecule has 3 rings (SSSR count). The molecule has 0 radical (unpaired) electrons. The topological polar surface area (TPSA) is 70.3 Å². The predicted molar refractivity (Wildman–Crippen MR) is 61.4 cm³/mol. The van der Waals surface area contributed by atoms with E-state index in [1.165, 1.54) is 6.33 Å². The van der Waals surface area contributed by atoms with Crippen molar-refractivity contribution in [3.63, 3.8) is 0 Å². The first-order valence-corrected chi connectivity index (χ1v) is 5.39. The van der Waals surface area contributed by atoms with E-state index in [1.807, 2.05) is 0 Å². The summed E-state index contributed by atoms with van der Waals surface area (Å²) in [5.41, 5.74) is 6.42. The molecule has 0 saturated heterocycles. The molecule has 0 aliphatic carbocycles. The molecule has 92 valence electrons. The molecule has 2 heterocycles. The molecule has 18 heavy (non-hydrogen) atoms. The molecule has 0 amide bonds. The van der Waals surface area contributed by atoms with Gasteiger partial charge in [0.05, 0.1) is 5.69 Å². The second kappa shape index (κ2) is 4.23. The summed E-state index contributed by atoms with van der Waals surface area (Å²) in [5.74, 6) is 0.728. The SMILES string of the molecule is NCc1ncnc(-c2ccc3c(c2)OCO3)c1F. The molecule has 0 atom stereocenters. The van der Waals surface area contributed by atoms with E-state index in [4.69, 9.17) is 15.2 Å². The molecule has 0 fully saturated rings. The third-order valence-electron chi connectivity index (χ3n) is 2.70. The van der Waals surface area contributed by atoms with Crippen LogP contribution in [0.25, 0.3) is 11.3 Å². The van der Waals surface area contributed by atoms with Gasteiger partial charge in [0.15, 0.2) is 17.3 Å². The Labute approximate surface area is 102 Å². The molecule has 2 N–H and O–H groups in total. The van der Waals surface area contributed by atoms with Gasteiger partial charge in [-0.3, -0.25) is 0 Å². The van der Waals surface area contributed by atoms with Gasteiger partial charge >= 0.3 is 0 Å². The highest BCUT2D eigenvalue weighted by molar-refractivity contribution is 5.65. The van der Waals surface area contributed by atoms with E-state index in [2.05, 4.69) is 9.97 Å². The number of fused-ring (bicyclic) bond motifs is 1.